The summed E-state index contributed by atoms with van der Waals surface area (Å²) in [6, 6.07) is 7.81. The fourth-order valence-corrected chi connectivity index (χ4v) is 1.35. The maximum Gasteiger partial charge on any atom is 0.0892 e. The van der Waals surface area contributed by atoms with E-state index in [-0.39, 0.29) is 0 Å². The minimum absolute atomic E-state index is 0.485. The van der Waals surface area contributed by atoms with E-state index in [0.29, 0.717) is 11.3 Å². The Labute approximate surface area is 75.9 Å². The fourth-order valence-electron chi connectivity index (χ4n) is 1.05. The first-order valence-electron chi connectivity index (χ1n) is 3.64. The van der Waals surface area contributed by atoms with Gasteiger partial charge in [0.25, 0.3) is 0 Å². The van der Waals surface area contributed by atoms with E-state index >= 15 is 0 Å². The molecule has 1 aromatic rings. The lowest BCUT2D eigenvalue weighted by Crippen LogP contribution is -2.10. The molecule has 0 aliphatic carbocycles. The monoisotopic (exact) mass is 181 g/mol. The summed E-state index contributed by atoms with van der Waals surface area (Å²) in [6.07, 6.45) is 0. The molecular weight excluding hydrogens is 170 g/mol. The van der Waals surface area contributed by atoms with Gasteiger partial charge < -0.3 is 4.90 Å². The highest BCUT2D eigenvalue weighted by molar-refractivity contribution is 7.65. The normalized spacial score (nSPS) is 9.17. The minimum atomic E-state index is 0.485. The van der Waals surface area contributed by atoms with Crippen LogP contribution in [-0.4, -0.2) is 23.7 Å². The molecule has 0 amide bonds. The van der Waals surface area contributed by atoms with Crippen LogP contribution in [0, 0.1) is 0 Å². The van der Waals surface area contributed by atoms with Crippen LogP contribution in [0.5, 0.6) is 0 Å². The van der Waals surface area contributed by atoms with E-state index < -0.39 is 0 Å². The smallest absolute Gasteiger partial charge is 0.0892 e. The molecule has 0 saturated heterocycles. The van der Waals surface area contributed by atoms with E-state index in [4.69, 9.17) is 0 Å². The summed E-state index contributed by atoms with van der Waals surface area (Å²) in [5.74, 6) is 0. The second kappa shape index (κ2) is 4.07. The number of benzene rings is 1. The lowest BCUT2D eigenvalue weighted by molar-refractivity contribution is 0.701. The molecule has 1 aromatic carbocycles. The Morgan fingerprint density at radius 3 is 2.58 bits per heavy atom. The van der Waals surface area contributed by atoms with Gasteiger partial charge >= 0.3 is 0 Å². The molecule has 0 N–H and O–H groups in total. The highest BCUT2D eigenvalue weighted by atomic mass is 32.1. The average molecular weight is 181 g/mol. The van der Waals surface area contributed by atoms with Crippen molar-refractivity contribution >= 4 is 22.3 Å². The Bertz CT molecular complexity index is 316. The van der Waals surface area contributed by atoms with Gasteiger partial charge in [-0.05, 0) is 6.07 Å². The first-order valence-corrected chi connectivity index (χ1v) is 4.44. The van der Waals surface area contributed by atoms with Crippen LogP contribution in [0.3, 0.4) is 0 Å². The van der Waals surface area contributed by atoms with Crippen molar-refractivity contribution in [3.8, 4) is 0 Å². The largest absolute Gasteiger partial charge is 0.377 e. The molecule has 0 bridgehead atoms. The van der Waals surface area contributed by atoms with Gasteiger partial charge in [-0.25, -0.2) is 4.21 Å². The first kappa shape index (κ1) is 9.00. The zero-order chi connectivity index (χ0) is 8.97. The molecule has 0 radical (unpaired) electrons. The molecule has 12 heavy (non-hydrogen) atoms. The topological polar surface area (TPSA) is 20.3 Å². The van der Waals surface area contributed by atoms with E-state index in [1.165, 1.54) is 0 Å². The zero-order valence-corrected chi connectivity index (χ0v) is 7.97. The molecule has 64 valence electrons. The molecule has 1 rings (SSSR count). The fraction of sp³-hybridized carbons (Fsp3) is 0.222. The van der Waals surface area contributed by atoms with Crippen LogP contribution in [0.4, 0.5) is 5.69 Å². The number of para-hydroxylation sites is 1. The van der Waals surface area contributed by atoms with Crippen molar-refractivity contribution in [1.82, 2.24) is 0 Å². The van der Waals surface area contributed by atoms with Crippen molar-refractivity contribution in [2.45, 2.75) is 0 Å². The standard InChI is InChI=1S/C9H11NOS/c1-10(2)9-6-4-3-5-8(9)7-12-11/h3-7H,1-2H3. The molecular formula is C9H11NOS. The van der Waals surface area contributed by atoms with E-state index in [0.717, 1.165) is 11.3 Å². The lowest BCUT2D eigenvalue weighted by atomic mass is 10.2. The molecule has 0 aliphatic rings. The Morgan fingerprint density at radius 2 is 2.00 bits per heavy atom. The van der Waals surface area contributed by atoms with Crippen LogP contribution in [0.25, 0.3) is 0 Å². The number of nitrogens with zero attached hydrogens (tertiary/aromatic N) is 1. The predicted molar refractivity (Wildman–Crippen MR) is 54.1 cm³/mol. The van der Waals surface area contributed by atoms with Gasteiger partial charge in [0, 0.05) is 30.7 Å². The third-order valence-corrected chi connectivity index (χ3v) is 1.94. The SMILES string of the molecule is CN(C)c1ccccc1C=S=O. The summed E-state index contributed by atoms with van der Waals surface area (Å²) in [7, 11) is 3.92. The van der Waals surface area contributed by atoms with Crippen molar-refractivity contribution in [2.24, 2.45) is 0 Å². The van der Waals surface area contributed by atoms with Crippen molar-refractivity contribution < 1.29 is 4.21 Å². The molecule has 0 fully saturated rings. The summed E-state index contributed by atoms with van der Waals surface area (Å²) < 4.78 is 10.3. The van der Waals surface area contributed by atoms with Gasteiger partial charge in [-0.3, -0.25) is 0 Å². The molecule has 0 aliphatic heterocycles. The maximum absolute atomic E-state index is 10.3. The summed E-state index contributed by atoms with van der Waals surface area (Å²) in [4.78, 5) is 1.99. The molecule has 0 spiro atoms. The second-order valence-corrected chi connectivity index (χ2v) is 3.10. The number of rotatable bonds is 2. The van der Waals surface area contributed by atoms with Crippen LogP contribution in [0.2, 0.25) is 0 Å². The highest BCUT2D eigenvalue weighted by Crippen LogP contribution is 2.14. The third-order valence-electron chi connectivity index (χ3n) is 1.59. The molecule has 0 saturated carbocycles. The molecule has 3 heteroatoms. The van der Waals surface area contributed by atoms with Crippen molar-refractivity contribution in [3.63, 3.8) is 0 Å². The second-order valence-electron chi connectivity index (χ2n) is 2.67. The minimum Gasteiger partial charge on any atom is -0.377 e. The van der Waals surface area contributed by atoms with Gasteiger partial charge in [-0.15, -0.1) is 0 Å². The summed E-state index contributed by atoms with van der Waals surface area (Å²) >= 11 is 0.485. The number of anilines is 1. The van der Waals surface area contributed by atoms with E-state index in [9.17, 15) is 4.21 Å². The molecule has 0 unspecified atom stereocenters. The first-order chi connectivity index (χ1) is 5.75. The Kier molecular flexibility index (Phi) is 3.05. The lowest BCUT2D eigenvalue weighted by Gasteiger charge is -2.14. The zero-order valence-electron chi connectivity index (χ0n) is 7.15. The summed E-state index contributed by atoms with van der Waals surface area (Å²) in [6.45, 7) is 0. The summed E-state index contributed by atoms with van der Waals surface area (Å²) in [5.41, 5.74) is 2.04. The molecule has 0 aromatic heterocycles. The van der Waals surface area contributed by atoms with Gasteiger partial charge in [-0.2, -0.15) is 0 Å². The quantitative estimate of drug-likeness (QED) is 0.637. The van der Waals surface area contributed by atoms with Gasteiger partial charge in [0.2, 0.25) is 0 Å². The molecule has 0 heterocycles. The Morgan fingerprint density at radius 1 is 1.33 bits per heavy atom. The van der Waals surface area contributed by atoms with E-state index in [2.05, 4.69) is 0 Å². The Balaban J connectivity index is 3.17. The van der Waals surface area contributed by atoms with Crippen LogP contribution in [0.15, 0.2) is 24.3 Å². The third kappa shape index (κ3) is 1.95. The summed E-state index contributed by atoms with van der Waals surface area (Å²) in [5, 5.41) is 1.61. The number of hydrogen-bond acceptors (Lipinski definition) is 2. The van der Waals surface area contributed by atoms with Crippen LogP contribution < -0.4 is 4.90 Å². The van der Waals surface area contributed by atoms with E-state index in [1.807, 2.05) is 43.3 Å². The molecule has 2 nitrogen and oxygen atoms in total. The van der Waals surface area contributed by atoms with E-state index in [1.54, 1.807) is 5.37 Å². The van der Waals surface area contributed by atoms with Gasteiger partial charge in [0.15, 0.2) is 0 Å². The van der Waals surface area contributed by atoms with Gasteiger partial charge in [0.05, 0.1) is 11.3 Å². The highest BCUT2D eigenvalue weighted by Gasteiger charge is 1.98. The van der Waals surface area contributed by atoms with Crippen molar-refractivity contribution in [1.29, 1.82) is 0 Å². The van der Waals surface area contributed by atoms with Crippen molar-refractivity contribution in [2.75, 3.05) is 19.0 Å². The van der Waals surface area contributed by atoms with Gasteiger partial charge in [-0.1, -0.05) is 18.2 Å². The average Bonchev–Trinajstić information content (AvgIpc) is 2.05. The predicted octanol–water partition coefficient (Wildman–Crippen LogP) is 1.12. The Hall–Kier alpha value is -1.09. The maximum atomic E-state index is 10.3. The van der Waals surface area contributed by atoms with Gasteiger partial charge in [0.1, 0.15) is 0 Å². The van der Waals surface area contributed by atoms with Crippen LogP contribution >= 0.6 is 0 Å². The number of hydrogen-bond donors (Lipinski definition) is 0. The van der Waals surface area contributed by atoms with Crippen LogP contribution in [0.1, 0.15) is 5.56 Å². The van der Waals surface area contributed by atoms with Crippen molar-refractivity contribution in [3.05, 3.63) is 29.8 Å². The van der Waals surface area contributed by atoms with Crippen LogP contribution in [-0.2, 0) is 11.3 Å². The molecule has 0 atom stereocenters.